The molecule has 3 aromatic rings. The van der Waals surface area contributed by atoms with Gasteiger partial charge in [-0.1, -0.05) is 6.07 Å². The van der Waals surface area contributed by atoms with Crippen LogP contribution in [0.15, 0.2) is 42.7 Å². The van der Waals surface area contributed by atoms with Crippen LogP contribution in [0.1, 0.15) is 36.0 Å². The lowest BCUT2D eigenvalue weighted by Crippen LogP contribution is -2.39. The van der Waals surface area contributed by atoms with Crippen LogP contribution < -0.4 is 15.0 Å². The number of hydrogen-bond donors (Lipinski definition) is 1. The molecule has 0 atom stereocenters. The highest BCUT2D eigenvalue weighted by Gasteiger charge is 2.34. The second-order valence-corrected chi connectivity index (χ2v) is 8.29. The average molecular weight is 454 g/mol. The van der Waals surface area contributed by atoms with Gasteiger partial charge in [0.2, 0.25) is 0 Å². The minimum atomic E-state index is -2.63. The van der Waals surface area contributed by atoms with Gasteiger partial charge in [-0.15, -0.1) is 10.2 Å². The van der Waals surface area contributed by atoms with E-state index in [9.17, 15) is 13.6 Å². The number of fused-ring (bicyclic) bond motifs is 5. The van der Waals surface area contributed by atoms with E-state index < -0.39 is 5.92 Å². The first-order chi connectivity index (χ1) is 16.0. The molecule has 5 rings (SSSR count). The number of rotatable bonds is 1. The third-order valence-electron chi connectivity index (χ3n) is 5.95. The lowest BCUT2D eigenvalue weighted by Gasteiger charge is -2.33. The van der Waals surface area contributed by atoms with E-state index in [1.165, 1.54) is 0 Å². The maximum atomic E-state index is 13.6. The van der Waals surface area contributed by atoms with Gasteiger partial charge in [0, 0.05) is 38.2 Å². The highest BCUT2D eigenvalue weighted by Crippen LogP contribution is 2.33. The molecule has 8 nitrogen and oxygen atoms in total. The summed E-state index contributed by atoms with van der Waals surface area (Å²) in [6, 6.07) is 10.6. The largest absolute Gasteiger partial charge is 0.493 e. The number of halogens is 2. The van der Waals surface area contributed by atoms with Crippen LogP contribution >= 0.6 is 0 Å². The van der Waals surface area contributed by atoms with Gasteiger partial charge in [0.05, 0.1) is 12.2 Å². The normalized spacial score (nSPS) is 18.4. The van der Waals surface area contributed by atoms with Gasteiger partial charge in [-0.2, -0.15) is 0 Å². The quantitative estimate of drug-likeness (QED) is 0.598. The summed E-state index contributed by atoms with van der Waals surface area (Å²) in [5, 5.41) is 11.0. The molecule has 1 saturated heterocycles. The molecule has 0 unspecified atom stereocenters. The van der Waals surface area contributed by atoms with Crippen LogP contribution in [0.3, 0.4) is 0 Å². The molecule has 1 aromatic carbocycles. The number of piperidine rings is 1. The molecular weight excluding hydrogens is 430 g/mol. The van der Waals surface area contributed by atoms with E-state index in [1.807, 2.05) is 21.6 Å². The van der Waals surface area contributed by atoms with E-state index in [1.54, 1.807) is 30.6 Å². The van der Waals surface area contributed by atoms with E-state index in [0.717, 1.165) is 25.1 Å². The van der Waals surface area contributed by atoms with E-state index in [-0.39, 0.29) is 31.8 Å². The fraction of sp³-hybridized carbons (Fsp3) is 0.391. The number of benzene rings is 1. The average Bonchev–Trinajstić information content (AvgIpc) is 3.27. The van der Waals surface area contributed by atoms with E-state index in [0.29, 0.717) is 35.3 Å². The maximum absolute atomic E-state index is 13.6. The van der Waals surface area contributed by atoms with Crippen molar-refractivity contribution in [2.24, 2.45) is 0 Å². The fourth-order valence-corrected chi connectivity index (χ4v) is 4.11. The Morgan fingerprint density at radius 3 is 2.76 bits per heavy atom. The Balaban J connectivity index is 1.46. The SMILES string of the molecule is O=C1Nc2cccc(n2)-c2nncn2CCCCOc2ccc(N3CCC(F)(F)CC3)cc21. The van der Waals surface area contributed by atoms with Crippen LogP contribution in [0.2, 0.25) is 0 Å². The predicted molar refractivity (Wildman–Crippen MR) is 119 cm³/mol. The zero-order chi connectivity index (χ0) is 22.8. The standard InChI is InChI=1S/C23H24F2N6O2/c24-23(25)8-11-30(12-9-23)16-6-7-19-17(14-16)22(32)28-20-5-3-4-18(27-20)21-29-26-15-31(21)10-1-2-13-33-19/h3-7,14-15H,1-2,8-13H2,(H,27,28,32). The number of anilines is 2. The van der Waals surface area contributed by atoms with Crippen molar-refractivity contribution >= 4 is 17.4 Å². The number of ether oxygens (including phenoxy) is 1. The molecule has 1 amide bonds. The maximum Gasteiger partial charge on any atom is 0.260 e. The van der Waals surface area contributed by atoms with Gasteiger partial charge in [0.15, 0.2) is 5.82 Å². The zero-order valence-corrected chi connectivity index (χ0v) is 18.0. The van der Waals surface area contributed by atoms with E-state index in [2.05, 4.69) is 20.5 Å². The van der Waals surface area contributed by atoms with Gasteiger partial charge >= 0.3 is 0 Å². The Morgan fingerprint density at radius 1 is 1.06 bits per heavy atom. The van der Waals surface area contributed by atoms with Crippen LogP contribution in [0, 0.1) is 0 Å². The number of pyridine rings is 1. The van der Waals surface area contributed by atoms with Crippen molar-refractivity contribution in [3.63, 3.8) is 0 Å². The Kier molecular flexibility index (Phi) is 5.65. The van der Waals surface area contributed by atoms with Crippen molar-refractivity contribution in [2.45, 2.75) is 38.2 Å². The molecule has 4 heterocycles. The van der Waals surface area contributed by atoms with E-state index >= 15 is 0 Å². The molecule has 2 aliphatic heterocycles. The van der Waals surface area contributed by atoms with Crippen molar-refractivity contribution in [3.8, 4) is 17.3 Å². The summed E-state index contributed by atoms with van der Waals surface area (Å²) in [5.41, 5.74) is 1.68. The van der Waals surface area contributed by atoms with Crippen LogP contribution in [0.25, 0.3) is 11.5 Å². The summed E-state index contributed by atoms with van der Waals surface area (Å²) >= 11 is 0. The van der Waals surface area contributed by atoms with Crippen LogP contribution in [-0.2, 0) is 6.54 Å². The molecule has 1 N–H and O–H groups in total. The third kappa shape index (κ3) is 4.64. The first-order valence-electron chi connectivity index (χ1n) is 11.0. The lowest BCUT2D eigenvalue weighted by molar-refractivity contribution is -0.0220. The number of nitrogens with one attached hydrogen (secondary N) is 1. The van der Waals surface area contributed by atoms with Crippen LogP contribution in [-0.4, -0.2) is 51.3 Å². The Bertz CT molecular complexity index is 1160. The van der Waals surface area contributed by atoms with Gasteiger partial charge in [0.1, 0.15) is 23.6 Å². The predicted octanol–water partition coefficient (Wildman–Crippen LogP) is 4.00. The van der Waals surface area contributed by atoms with Gasteiger partial charge in [0.25, 0.3) is 11.8 Å². The molecule has 10 heteroatoms. The van der Waals surface area contributed by atoms with Crippen molar-refractivity contribution in [1.29, 1.82) is 0 Å². The first kappa shape index (κ1) is 21.3. The molecule has 1 fully saturated rings. The molecule has 0 saturated carbocycles. The second kappa shape index (κ2) is 8.76. The number of amides is 1. The van der Waals surface area contributed by atoms with E-state index in [4.69, 9.17) is 4.74 Å². The van der Waals surface area contributed by atoms with Crippen LogP contribution in [0.5, 0.6) is 5.75 Å². The van der Waals surface area contributed by atoms with Crippen molar-refractivity contribution in [3.05, 3.63) is 48.3 Å². The molecule has 33 heavy (non-hydrogen) atoms. The number of carbonyl (C=O) groups excluding carboxylic acids is 1. The molecule has 2 aromatic heterocycles. The Hall–Kier alpha value is -3.56. The summed E-state index contributed by atoms with van der Waals surface area (Å²) in [6.07, 6.45) is 2.88. The highest BCUT2D eigenvalue weighted by atomic mass is 19.3. The fourth-order valence-electron chi connectivity index (χ4n) is 4.11. The van der Waals surface area contributed by atoms with Gasteiger partial charge in [-0.25, -0.2) is 13.8 Å². The molecule has 0 aliphatic carbocycles. The summed E-state index contributed by atoms with van der Waals surface area (Å²) in [7, 11) is 0. The summed E-state index contributed by atoms with van der Waals surface area (Å²) in [6.45, 7) is 1.63. The number of aryl methyl sites for hydroxylation is 1. The van der Waals surface area contributed by atoms with Crippen molar-refractivity contribution in [2.75, 3.05) is 29.9 Å². The molecule has 0 spiro atoms. The molecule has 2 bridgehead atoms. The smallest absolute Gasteiger partial charge is 0.260 e. The lowest BCUT2D eigenvalue weighted by atomic mass is 10.0. The minimum absolute atomic E-state index is 0.200. The summed E-state index contributed by atoms with van der Waals surface area (Å²) in [4.78, 5) is 19.6. The molecular formula is C23H24F2N6O2. The summed E-state index contributed by atoms with van der Waals surface area (Å²) in [5.74, 6) is -1.55. The van der Waals surface area contributed by atoms with Crippen molar-refractivity contribution < 1.29 is 18.3 Å². The number of carbonyl (C=O) groups is 1. The molecule has 0 radical (unpaired) electrons. The Labute approximate surface area is 189 Å². The number of alkyl halides is 2. The first-order valence-corrected chi connectivity index (χ1v) is 11.0. The van der Waals surface area contributed by atoms with Crippen molar-refractivity contribution in [1.82, 2.24) is 19.7 Å². The molecule has 172 valence electrons. The monoisotopic (exact) mass is 454 g/mol. The minimum Gasteiger partial charge on any atom is -0.493 e. The molecule has 2 aliphatic rings. The third-order valence-corrected chi connectivity index (χ3v) is 5.95. The topological polar surface area (TPSA) is 85.2 Å². The zero-order valence-electron chi connectivity index (χ0n) is 18.0. The van der Waals surface area contributed by atoms with Gasteiger partial charge < -0.3 is 19.5 Å². The van der Waals surface area contributed by atoms with Gasteiger partial charge in [-0.3, -0.25) is 4.79 Å². The Morgan fingerprint density at radius 2 is 1.91 bits per heavy atom. The van der Waals surface area contributed by atoms with Crippen LogP contribution in [0.4, 0.5) is 20.3 Å². The number of aromatic nitrogens is 4. The summed E-state index contributed by atoms with van der Waals surface area (Å²) < 4.78 is 35.1. The number of nitrogens with zero attached hydrogens (tertiary/aromatic N) is 5. The second-order valence-electron chi connectivity index (χ2n) is 8.29. The van der Waals surface area contributed by atoms with Gasteiger partial charge in [-0.05, 0) is 43.2 Å². The highest BCUT2D eigenvalue weighted by molar-refractivity contribution is 6.06. The number of hydrogen-bond acceptors (Lipinski definition) is 6.